The molecule has 0 fully saturated rings. The molecule has 0 aliphatic rings. The normalized spacial score (nSPS) is 13.3. The molecule has 0 amide bonds. The highest BCUT2D eigenvalue weighted by molar-refractivity contribution is 5.94. The molecule has 21 heavy (non-hydrogen) atoms. The van der Waals surface area contributed by atoms with Crippen LogP contribution in [0.25, 0.3) is 6.08 Å². The fourth-order valence-electron chi connectivity index (χ4n) is 2.11. The third-order valence-electron chi connectivity index (χ3n) is 3.42. The Bertz CT molecular complexity index is 474. The van der Waals surface area contributed by atoms with Gasteiger partial charge in [-0.05, 0) is 36.1 Å². The molecule has 0 aliphatic carbocycles. The minimum atomic E-state index is 0.0616. The van der Waals surface area contributed by atoms with Gasteiger partial charge >= 0.3 is 0 Å². The van der Waals surface area contributed by atoms with Crippen molar-refractivity contribution >= 4 is 11.9 Å². The Morgan fingerprint density at radius 1 is 1.19 bits per heavy atom. The largest absolute Gasteiger partial charge is 0.314 e. The summed E-state index contributed by atoms with van der Waals surface area (Å²) in [5, 5.41) is 3.47. The highest BCUT2D eigenvalue weighted by Crippen LogP contribution is 2.12. The van der Waals surface area contributed by atoms with Crippen molar-refractivity contribution in [2.45, 2.75) is 47.1 Å². The van der Waals surface area contributed by atoms with E-state index in [-0.39, 0.29) is 11.7 Å². The van der Waals surface area contributed by atoms with Gasteiger partial charge < -0.3 is 5.32 Å². The second kappa shape index (κ2) is 8.78. The van der Waals surface area contributed by atoms with Crippen LogP contribution in [0.5, 0.6) is 0 Å². The summed E-state index contributed by atoms with van der Waals surface area (Å²) in [6, 6.07) is 8.98. The Hall–Kier alpha value is -1.41. The summed E-state index contributed by atoms with van der Waals surface area (Å²) in [4.78, 5) is 11.6. The van der Waals surface area contributed by atoms with Crippen LogP contribution in [0.1, 0.15) is 45.7 Å². The van der Waals surface area contributed by atoms with Crippen molar-refractivity contribution in [2.75, 3.05) is 6.54 Å². The summed E-state index contributed by atoms with van der Waals surface area (Å²) in [6.45, 7) is 11.5. The number of nitrogens with one attached hydrogen (secondary N) is 1. The predicted octanol–water partition coefficient (Wildman–Crippen LogP) is 4.10. The van der Waals surface area contributed by atoms with Crippen LogP contribution in [-0.4, -0.2) is 18.4 Å². The quantitative estimate of drug-likeness (QED) is 0.729. The highest BCUT2D eigenvalue weighted by atomic mass is 16.1. The first-order valence-electron chi connectivity index (χ1n) is 7.92. The molecule has 2 heteroatoms. The molecule has 0 aromatic heterocycles. The van der Waals surface area contributed by atoms with Crippen LogP contribution in [0.2, 0.25) is 0 Å². The van der Waals surface area contributed by atoms with E-state index in [1.165, 1.54) is 5.56 Å². The average Bonchev–Trinajstić information content (AvgIpc) is 2.42. The van der Waals surface area contributed by atoms with Crippen LogP contribution in [0, 0.1) is 11.8 Å². The van der Waals surface area contributed by atoms with Crippen molar-refractivity contribution in [1.82, 2.24) is 5.32 Å². The lowest BCUT2D eigenvalue weighted by Crippen LogP contribution is -2.28. The summed E-state index contributed by atoms with van der Waals surface area (Å²) in [5.74, 6) is 0.838. The van der Waals surface area contributed by atoms with Gasteiger partial charge in [-0.1, -0.05) is 65.0 Å². The maximum Gasteiger partial charge on any atom is 0.158 e. The monoisotopic (exact) mass is 287 g/mol. The summed E-state index contributed by atoms with van der Waals surface area (Å²) >= 11 is 0. The fraction of sp³-hybridized carbons (Fsp3) is 0.526. The number of allylic oxidation sites excluding steroid dienone is 1. The van der Waals surface area contributed by atoms with Gasteiger partial charge in [0.25, 0.3) is 0 Å². The van der Waals surface area contributed by atoms with Crippen LogP contribution in [0.4, 0.5) is 0 Å². The molecule has 0 radical (unpaired) electrons. The van der Waals surface area contributed by atoms with E-state index in [1.54, 1.807) is 6.08 Å². The first-order chi connectivity index (χ1) is 9.88. The summed E-state index contributed by atoms with van der Waals surface area (Å²) in [6.07, 6.45) is 4.66. The van der Waals surface area contributed by atoms with Gasteiger partial charge in [0.1, 0.15) is 0 Å². The first kappa shape index (κ1) is 17.6. The van der Waals surface area contributed by atoms with Crippen LogP contribution >= 0.6 is 0 Å². The zero-order valence-corrected chi connectivity index (χ0v) is 14.0. The molecule has 1 aromatic carbocycles. The van der Waals surface area contributed by atoms with Crippen molar-refractivity contribution in [3.63, 3.8) is 0 Å². The number of ketones is 1. The van der Waals surface area contributed by atoms with Crippen LogP contribution in [-0.2, 0) is 11.2 Å². The maximum atomic E-state index is 11.6. The third-order valence-corrected chi connectivity index (χ3v) is 3.42. The molecule has 116 valence electrons. The Kier molecular flexibility index (Phi) is 7.38. The number of rotatable bonds is 8. The van der Waals surface area contributed by atoms with Crippen LogP contribution in [0.15, 0.2) is 30.3 Å². The molecule has 1 atom stereocenters. The first-order valence-corrected chi connectivity index (χ1v) is 7.92. The Morgan fingerprint density at radius 2 is 1.90 bits per heavy atom. The number of hydrogen-bond acceptors (Lipinski definition) is 2. The van der Waals surface area contributed by atoms with E-state index < -0.39 is 0 Å². The fourth-order valence-corrected chi connectivity index (χ4v) is 2.11. The molecule has 0 bridgehead atoms. The molecule has 1 N–H and O–H groups in total. The lowest BCUT2D eigenvalue weighted by Gasteiger charge is -2.15. The topological polar surface area (TPSA) is 29.1 Å². The summed E-state index contributed by atoms with van der Waals surface area (Å²) in [5.41, 5.74) is 2.43. The predicted molar refractivity (Wildman–Crippen MR) is 91.3 cm³/mol. The van der Waals surface area contributed by atoms with Gasteiger partial charge in [-0.25, -0.2) is 0 Å². The smallest absolute Gasteiger partial charge is 0.158 e. The van der Waals surface area contributed by atoms with Gasteiger partial charge in [-0.15, -0.1) is 0 Å². The molecule has 0 saturated heterocycles. The molecule has 2 nitrogen and oxygen atoms in total. The number of benzene rings is 1. The molecule has 0 aliphatic heterocycles. The van der Waals surface area contributed by atoms with E-state index in [0.29, 0.717) is 12.0 Å². The maximum absolute atomic E-state index is 11.6. The van der Waals surface area contributed by atoms with Gasteiger partial charge in [0.2, 0.25) is 0 Å². The van der Waals surface area contributed by atoms with Crippen molar-refractivity contribution in [2.24, 2.45) is 11.8 Å². The van der Waals surface area contributed by atoms with E-state index in [2.05, 4.69) is 44.3 Å². The lowest BCUT2D eigenvalue weighted by molar-refractivity contribution is -0.117. The van der Waals surface area contributed by atoms with Gasteiger partial charge in [0, 0.05) is 12.0 Å². The van der Waals surface area contributed by atoms with Crippen LogP contribution < -0.4 is 5.32 Å². The third kappa shape index (κ3) is 7.24. The van der Waals surface area contributed by atoms with Crippen molar-refractivity contribution in [3.05, 3.63) is 41.5 Å². The number of carbonyl (C=O) groups excluding carboxylic acids is 1. The lowest BCUT2D eigenvalue weighted by atomic mass is 9.98. The van der Waals surface area contributed by atoms with Gasteiger partial charge in [-0.2, -0.15) is 0 Å². The van der Waals surface area contributed by atoms with Crippen LogP contribution in [0.3, 0.4) is 0 Å². The molecule has 0 heterocycles. The van der Waals surface area contributed by atoms with Gasteiger partial charge in [-0.3, -0.25) is 4.79 Å². The van der Waals surface area contributed by atoms with Gasteiger partial charge in [0.05, 0.1) is 0 Å². The van der Waals surface area contributed by atoms with E-state index in [1.807, 2.05) is 26.0 Å². The second-order valence-corrected chi connectivity index (χ2v) is 6.51. The van der Waals surface area contributed by atoms with E-state index >= 15 is 0 Å². The number of carbonyl (C=O) groups is 1. The molecule has 0 unspecified atom stereocenters. The molecular formula is C19H29NO. The molecular weight excluding hydrogens is 258 g/mol. The zero-order chi connectivity index (χ0) is 15.8. The highest BCUT2D eigenvalue weighted by Gasteiger charge is 2.05. The SMILES string of the molecule is CC(C)NC[C@H](C)Cc1cccc(/C=C/C(=O)C(C)C)c1. The van der Waals surface area contributed by atoms with Crippen molar-refractivity contribution in [1.29, 1.82) is 0 Å². The minimum Gasteiger partial charge on any atom is -0.314 e. The minimum absolute atomic E-state index is 0.0616. The summed E-state index contributed by atoms with van der Waals surface area (Å²) in [7, 11) is 0. The standard InChI is InChI=1S/C19H29NO/c1-14(2)19(21)10-9-17-7-6-8-18(12-17)11-16(5)13-20-15(3)4/h6-10,12,14-16,20H,11,13H2,1-5H3/b10-9+/t16-/m1/s1. The average molecular weight is 287 g/mol. The Balaban J connectivity index is 2.62. The molecule has 0 saturated carbocycles. The Morgan fingerprint density at radius 3 is 2.52 bits per heavy atom. The van der Waals surface area contributed by atoms with E-state index in [4.69, 9.17) is 0 Å². The van der Waals surface area contributed by atoms with E-state index in [0.717, 1.165) is 18.5 Å². The van der Waals surface area contributed by atoms with Crippen molar-refractivity contribution in [3.8, 4) is 0 Å². The number of hydrogen-bond donors (Lipinski definition) is 1. The summed E-state index contributed by atoms with van der Waals surface area (Å²) < 4.78 is 0. The molecule has 1 aromatic rings. The molecule has 1 rings (SSSR count). The zero-order valence-electron chi connectivity index (χ0n) is 14.0. The Labute approximate surface area is 129 Å². The van der Waals surface area contributed by atoms with Crippen molar-refractivity contribution < 1.29 is 4.79 Å². The second-order valence-electron chi connectivity index (χ2n) is 6.51. The van der Waals surface area contributed by atoms with E-state index in [9.17, 15) is 4.79 Å². The molecule has 0 spiro atoms. The van der Waals surface area contributed by atoms with Gasteiger partial charge in [0.15, 0.2) is 5.78 Å².